The molecular weight excluding hydrogens is 310 g/mol. The van der Waals surface area contributed by atoms with Crippen LogP contribution in [0.4, 0.5) is 11.4 Å². The Morgan fingerprint density at radius 2 is 1.72 bits per heavy atom. The van der Waals surface area contributed by atoms with Crippen LogP contribution in [-0.4, -0.2) is 16.6 Å². The van der Waals surface area contributed by atoms with E-state index in [1.54, 1.807) is 0 Å². The molecule has 4 heteroatoms. The molecule has 122 valence electrons. The van der Waals surface area contributed by atoms with Gasteiger partial charge in [0.05, 0.1) is 23.5 Å². The molecule has 3 aromatic rings. The van der Waals surface area contributed by atoms with Crippen molar-refractivity contribution in [2.75, 3.05) is 5.32 Å². The molecule has 1 aromatic heterocycles. The Labute approximate surface area is 146 Å². The van der Waals surface area contributed by atoms with Gasteiger partial charge in [0, 0.05) is 11.9 Å². The second-order valence-corrected chi connectivity index (χ2v) is 6.07. The summed E-state index contributed by atoms with van der Waals surface area (Å²) in [6.45, 7) is 1.98. The third kappa shape index (κ3) is 3.19. The van der Waals surface area contributed by atoms with Crippen LogP contribution < -0.4 is 5.32 Å². The van der Waals surface area contributed by atoms with Crippen LogP contribution in [0.3, 0.4) is 0 Å². The monoisotopic (exact) mass is 327 g/mol. The minimum atomic E-state index is -0.0474. The molecule has 4 nitrogen and oxygen atoms in total. The summed E-state index contributed by atoms with van der Waals surface area (Å²) >= 11 is 0. The minimum absolute atomic E-state index is 0.0474. The van der Waals surface area contributed by atoms with E-state index in [9.17, 15) is 4.79 Å². The van der Waals surface area contributed by atoms with Crippen molar-refractivity contribution in [2.24, 2.45) is 4.99 Å². The van der Waals surface area contributed by atoms with Gasteiger partial charge in [0.15, 0.2) is 0 Å². The normalized spacial score (nSPS) is 13.5. The maximum atomic E-state index is 12.2. The van der Waals surface area contributed by atoms with Gasteiger partial charge in [-0.05, 0) is 53.9 Å². The Bertz CT molecular complexity index is 992. The average molecular weight is 327 g/mol. The highest BCUT2D eigenvalue weighted by Gasteiger charge is 2.17. The van der Waals surface area contributed by atoms with Crippen LogP contribution in [0.25, 0.3) is 11.1 Å². The summed E-state index contributed by atoms with van der Waals surface area (Å²) in [7, 11) is 0. The van der Waals surface area contributed by atoms with E-state index in [4.69, 9.17) is 4.99 Å². The number of benzene rings is 2. The zero-order chi connectivity index (χ0) is 17.2. The van der Waals surface area contributed by atoms with Crippen molar-refractivity contribution in [1.82, 2.24) is 4.98 Å². The maximum Gasteiger partial charge on any atom is 0.230 e. The average Bonchev–Trinajstić information content (AvgIpc) is 2.80. The number of hydrogen-bond acceptors (Lipinski definition) is 3. The number of aryl methyl sites for hydroxylation is 1. The van der Waals surface area contributed by atoms with Gasteiger partial charge < -0.3 is 5.32 Å². The lowest BCUT2D eigenvalue weighted by Crippen LogP contribution is -2.14. The first kappa shape index (κ1) is 15.3. The topological polar surface area (TPSA) is 54.4 Å². The number of rotatable bonds is 2. The molecule has 0 aliphatic carbocycles. The van der Waals surface area contributed by atoms with Crippen LogP contribution in [0.5, 0.6) is 0 Å². The third-order valence-corrected chi connectivity index (χ3v) is 4.19. The molecular formula is C21H17N3O. The van der Waals surface area contributed by atoms with Crippen LogP contribution in [0.2, 0.25) is 0 Å². The van der Waals surface area contributed by atoms with Crippen molar-refractivity contribution in [3.8, 4) is 11.1 Å². The van der Waals surface area contributed by atoms with Gasteiger partial charge in [-0.2, -0.15) is 0 Å². The Morgan fingerprint density at radius 1 is 0.920 bits per heavy atom. The molecule has 0 saturated carbocycles. The number of hydrogen-bond donors (Lipinski definition) is 1. The van der Waals surface area contributed by atoms with Crippen LogP contribution in [0.1, 0.15) is 17.7 Å². The quantitative estimate of drug-likeness (QED) is 0.752. The molecule has 0 fully saturated rings. The number of fused-ring (bicyclic) bond motifs is 1. The fourth-order valence-electron chi connectivity index (χ4n) is 2.98. The highest BCUT2D eigenvalue weighted by Crippen LogP contribution is 2.29. The summed E-state index contributed by atoms with van der Waals surface area (Å²) < 4.78 is 0. The number of aliphatic imine (C=N–C) groups is 1. The van der Waals surface area contributed by atoms with Gasteiger partial charge in [-0.15, -0.1) is 0 Å². The summed E-state index contributed by atoms with van der Waals surface area (Å²) in [6.07, 6.45) is 2.07. The van der Waals surface area contributed by atoms with Gasteiger partial charge >= 0.3 is 0 Å². The third-order valence-electron chi connectivity index (χ3n) is 4.19. The fraction of sp³-hybridized carbons (Fsp3) is 0.0952. The minimum Gasteiger partial charge on any atom is -0.324 e. The molecule has 0 saturated heterocycles. The molecule has 0 atom stereocenters. The van der Waals surface area contributed by atoms with Crippen LogP contribution in [0, 0.1) is 6.92 Å². The first-order chi connectivity index (χ1) is 12.2. The Hall–Kier alpha value is -3.27. The first-order valence-corrected chi connectivity index (χ1v) is 8.19. The SMILES string of the molecule is Cc1cc(-c2cccc(C3=Nc4ccccc4NC(=O)C3)c2)ccn1. The largest absolute Gasteiger partial charge is 0.324 e. The molecule has 0 unspecified atom stereocenters. The lowest BCUT2D eigenvalue weighted by molar-refractivity contribution is -0.115. The standard InChI is InChI=1S/C21H17N3O/c1-14-11-16(9-10-22-14)15-5-4-6-17(12-15)20-13-21(25)24-19-8-3-2-7-18(19)23-20/h2-12H,13H2,1H3,(H,24,25). The molecule has 1 aliphatic heterocycles. The summed E-state index contributed by atoms with van der Waals surface area (Å²) in [4.78, 5) is 21.2. The van der Waals surface area contributed by atoms with Crippen molar-refractivity contribution in [3.63, 3.8) is 0 Å². The maximum absolute atomic E-state index is 12.2. The predicted octanol–water partition coefficient (Wildman–Crippen LogP) is 4.52. The molecule has 4 rings (SSSR count). The molecule has 0 radical (unpaired) electrons. The van der Waals surface area contributed by atoms with Crippen LogP contribution in [-0.2, 0) is 4.79 Å². The molecule has 0 spiro atoms. The lowest BCUT2D eigenvalue weighted by Gasteiger charge is -2.07. The number of amides is 1. The molecule has 2 aromatic carbocycles. The van der Waals surface area contributed by atoms with E-state index in [1.807, 2.05) is 55.6 Å². The van der Waals surface area contributed by atoms with Gasteiger partial charge in [0.1, 0.15) is 0 Å². The lowest BCUT2D eigenvalue weighted by atomic mass is 10.00. The highest BCUT2D eigenvalue weighted by atomic mass is 16.1. The number of aromatic nitrogens is 1. The molecule has 1 N–H and O–H groups in total. The van der Waals surface area contributed by atoms with E-state index in [0.717, 1.165) is 39.5 Å². The second-order valence-electron chi connectivity index (χ2n) is 6.07. The summed E-state index contributed by atoms with van der Waals surface area (Å²) in [5.74, 6) is -0.0474. The molecule has 0 bridgehead atoms. The zero-order valence-corrected chi connectivity index (χ0v) is 13.9. The number of carbonyl (C=O) groups excluding carboxylic acids is 1. The number of para-hydroxylation sites is 2. The van der Waals surface area contributed by atoms with Gasteiger partial charge in [-0.1, -0.05) is 30.3 Å². The zero-order valence-electron chi connectivity index (χ0n) is 13.9. The number of nitrogens with one attached hydrogen (secondary N) is 1. The molecule has 2 heterocycles. The number of carbonyl (C=O) groups is 1. The van der Waals surface area contributed by atoms with E-state index in [1.165, 1.54) is 0 Å². The molecule has 1 amide bonds. The van der Waals surface area contributed by atoms with E-state index in [0.29, 0.717) is 0 Å². The summed E-state index contributed by atoms with van der Waals surface area (Å²) in [5, 5.41) is 2.91. The second kappa shape index (κ2) is 6.32. The summed E-state index contributed by atoms with van der Waals surface area (Å²) in [6, 6.07) is 19.8. The van der Waals surface area contributed by atoms with Gasteiger partial charge in [0.2, 0.25) is 5.91 Å². The first-order valence-electron chi connectivity index (χ1n) is 8.19. The number of anilines is 1. The smallest absolute Gasteiger partial charge is 0.230 e. The number of nitrogens with zero attached hydrogens (tertiary/aromatic N) is 2. The Kier molecular flexibility index (Phi) is 3.86. The Morgan fingerprint density at radius 3 is 2.60 bits per heavy atom. The van der Waals surface area contributed by atoms with Gasteiger partial charge in [-0.25, -0.2) is 0 Å². The van der Waals surface area contributed by atoms with Gasteiger partial charge in [0.25, 0.3) is 0 Å². The molecule has 1 aliphatic rings. The fourth-order valence-corrected chi connectivity index (χ4v) is 2.98. The van der Waals surface area contributed by atoms with E-state index in [2.05, 4.69) is 28.5 Å². The van der Waals surface area contributed by atoms with Crippen molar-refractivity contribution in [3.05, 3.63) is 78.1 Å². The highest BCUT2D eigenvalue weighted by molar-refractivity contribution is 6.17. The summed E-state index contributed by atoms with van der Waals surface area (Å²) in [5.41, 5.74) is 6.44. The van der Waals surface area contributed by atoms with Gasteiger partial charge in [-0.3, -0.25) is 14.8 Å². The van der Waals surface area contributed by atoms with E-state index in [-0.39, 0.29) is 12.3 Å². The molecule has 25 heavy (non-hydrogen) atoms. The van der Waals surface area contributed by atoms with Crippen molar-refractivity contribution >= 4 is 23.0 Å². The predicted molar refractivity (Wildman–Crippen MR) is 100 cm³/mol. The Balaban J connectivity index is 1.78. The van der Waals surface area contributed by atoms with Crippen molar-refractivity contribution in [2.45, 2.75) is 13.3 Å². The van der Waals surface area contributed by atoms with Crippen LogP contribution >= 0.6 is 0 Å². The van der Waals surface area contributed by atoms with Crippen molar-refractivity contribution < 1.29 is 4.79 Å². The van der Waals surface area contributed by atoms with E-state index >= 15 is 0 Å². The number of pyridine rings is 1. The van der Waals surface area contributed by atoms with E-state index < -0.39 is 0 Å². The van der Waals surface area contributed by atoms with Crippen molar-refractivity contribution in [1.29, 1.82) is 0 Å². The van der Waals surface area contributed by atoms with Crippen LogP contribution in [0.15, 0.2) is 71.9 Å².